The molecular weight excluding hydrogens is 540 g/mol. The van der Waals surface area contributed by atoms with Gasteiger partial charge in [0.1, 0.15) is 5.82 Å². The topological polar surface area (TPSA) is 22.1 Å². The number of benzene rings is 2. The molecule has 2 atom stereocenters. The minimum absolute atomic E-state index is 0.00233. The van der Waals surface area contributed by atoms with Crippen LogP contribution in [0.25, 0.3) is 11.1 Å². The number of rotatable bonds is 8. The van der Waals surface area contributed by atoms with E-state index >= 15 is 4.39 Å². The van der Waals surface area contributed by atoms with E-state index in [1.165, 1.54) is 12.1 Å². The van der Waals surface area contributed by atoms with Crippen LogP contribution in [0.15, 0.2) is 48.5 Å². The minimum Gasteiger partial charge on any atom is -0.410 e. The Morgan fingerprint density at radius 3 is 1.98 bits per heavy atom. The van der Waals surface area contributed by atoms with Crippen LogP contribution in [0.1, 0.15) is 125 Å². The van der Waals surface area contributed by atoms with E-state index in [9.17, 15) is 4.39 Å². The van der Waals surface area contributed by atoms with Crippen LogP contribution in [0.3, 0.4) is 0 Å². The lowest BCUT2D eigenvalue weighted by atomic mass is 9.80. The van der Waals surface area contributed by atoms with Crippen LogP contribution in [0.5, 0.6) is 0 Å². The van der Waals surface area contributed by atoms with Crippen LogP contribution in [0.2, 0.25) is 18.1 Å². The number of hydrogen-bond acceptors (Lipinski definition) is 2. The molecule has 0 saturated heterocycles. The van der Waals surface area contributed by atoms with E-state index in [0.717, 1.165) is 65.7 Å². The number of hydrogen-bond donors (Lipinski definition) is 0. The molecule has 2 nitrogen and oxygen atoms in total. The average molecular weight is 592 g/mol. The Morgan fingerprint density at radius 2 is 1.45 bits per heavy atom. The van der Waals surface area contributed by atoms with Gasteiger partial charge in [-0.05, 0) is 85.5 Å². The summed E-state index contributed by atoms with van der Waals surface area (Å²) in [5, 5.41) is -0.00233. The Morgan fingerprint density at radius 1 is 0.881 bits per heavy atom. The average Bonchev–Trinajstić information content (AvgIpc) is 3.41. The van der Waals surface area contributed by atoms with Crippen molar-refractivity contribution in [1.82, 2.24) is 4.98 Å². The molecule has 0 N–H and O–H groups in total. The quantitative estimate of drug-likeness (QED) is 0.243. The number of aryl methyl sites for hydroxylation is 2. The first kappa shape index (κ1) is 32.5. The van der Waals surface area contributed by atoms with Crippen molar-refractivity contribution in [2.75, 3.05) is 0 Å². The highest BCUT2D eigenvalue weighted by atomic mass is 28.4. The van der Waals surface area contributed by atoms with Crippen molar-refractivity contribution in [2.24, 2.45) is 5.41 Å². The minimum atomic E-state index is -2.24. The highest BCUT2D eigenvalue weighted by molar-refractivity contribution is 6.74. The largest absolute Gasteiger partial charge is 0.410 e. The lowest BCUT2D eigenvalue weighted by Crippen LogP contribution is -2.42. The maximum atomic E-state index is 17.2. The first-order chi connectivity index (χ1) is 19.5. The fourth-order valence-corrected chi connectivity index (χ4v) is 7.30. The van der Waals surface area contributed by atoms with E-state index in [0.29, 0.717) is 11.1 Å². The van der Waals surface area contributed by atoms with E-state index in [1.54, 1.807) is 12.1 Å². The summed E-state index contributed by atoms with van der Waals surface area (Å²) in [5.41, 5.74) is 6.67. The van der Waals surface area contributed by atoms with Crippen molar-refractivity contribution >= 4 is 8.32 Å². The molecule has 1 heterocycles. The van der Waals surface area contributed by atoms with Crippen LogP contribution in [0.4, 0.5) is 8.78 Å². The zero-order valence-corrected chi connectivity index (χ0v) is 28.5. The van der Waals surface area contributed by atoms with Crippen molar-refractivity contribution in [1.29, 1.82) is 0 Å². The van der Waals surface area contributed by atoms with Crippen LogP contribution in [-0.4, -0.2) is 13.3 Å². The molecule has 228 valence electrons. The Kier molecular flexibility index (Phi) is 9.54. The molecule has 1 aliphatic rings. The predicted molar refractivity (Wildman–Crippen MR) is 175 cm³/mol. The molecule has 3 aromatic rings. The number of halogens is 2. The van der Waals surface area contributed by atoms with Gasteiger partial charge >= 0.3 is 0 Å². The summed E-state index contributed by atoms with van der Waals surface area (Å²) in [6, 6.07) is 14.3. The van der Waals surface area contributed by atoms with Gasteiger partial charge in [0.2, 0.25) is 0 Å². The second-order valence-electron chi connectivity index (χ2n) is 15.2. The number of pyridine rings is 1. The van der Waals surface area contributed by atoms with Crippen LogP contribution in [-0.2, 0) is 4.43 Å². The normalized spacial score (nSPS) is 16.6. The first-order valence-electron chi connectivity index (χ1n) is 15.7. The van der Waals surface area contributed by atoms with E-state index in [4.69, 9.17) is 9.41 Å². The molecule has 1 aromatic heterocycles. The molecule has 5 heteroatoms. The number of aromatic nitrogens is 1. The number of nitrogens with zero attached hydrogens (tertiary/aromatic N) is 1. The third kappa shape index (κ3) is 7.22. The molecule has 2 aromatic carbocycles. The fourth-order valence-electron chi connectivity index (χ4n) is 6.04. The molecule has 0 unspecified atom stereocenters. The molecule has 0 aliphatic heterocycles. The van der Waals surface area contributed by atoms with Gasteiger partial charge in [-0.2, -0.15) is 0 Å². The van der Waals surface area contributed by atoms with Gasteiger partial charge in [-0.25, -0.2) is 8.78 Å². The summed E-state index contributed by atoms with van der Waals surface area (Å²) in [6.45, 7) is 22.1. The maximum absolute atomic E-state index is 17.2. The van der Waals surface area contributed by atoms with Gasteiger partial charge in [0.25, 0.3) is 0 Å². The van der Waals surface area contributed by atoms with E-state index in [-0.39, 0.29) is 28.3 Å². The Bertz CT molecular complexity index is 1360. The van der Waals surface area contributed by atoms with Crippen LogP contribution >= 0.6 is 0 Å². The smallest absolute Gasteiger partial charge is 0.192 e. The first-order valence-corrected chi connectivity index (χ1v) is 18.6. The van der Waals surface area contributed by atoms with Crippen molar-refractivity contribution in [3.8, 4) is 11.1 Å². The molecule has 1 aliphatic carbocycles. The Labute approximate surface area is 254 Å². The molecule has 0 radical (unpaired) electrons. The summed E-state index contributed by atoms with van der Waals surface area (Å²) in [4.78, 5) is 5.29. The van der Waals surface area contributed by atoms with Gasteiger partial charge in [-0.3, -0.25) is 4.98 Å². The van der Waals surface area contributed by atoms with Crippen molar-refractivity contribution in [3.05, 3.63) is 88.0 Å². The van der Waals surface area contributed by atoms with Crippen molar-refractivity contribution in [3.63, 3.8) is 0 Å². The molecule has 42 heavy (non-hydrogen) atoms. The van der Waals surface area contributed by atoms with Gasteiger partial charge in [-0.15, -0.1) is 0 Å². The highest BCUT2D eigenvalue weighted by Gasteiger charge is 2.42. The summed E-state index contributed by atoms with van der Waals surface area (Å²) < 4.78 is 38.8. The standard InChI is InChI=1S/C37H51F2NOSi/c1-24-15-17-27(18-16-24)34(39)33-32(26-19-21-29(38)22-20-26)31(25(2)40-35(33)28-13-11-12-14-28)30(23-36(3,4)5)41-42(9,10)37(6,7)8/h15-22,28,30,34H,11-14,23H2,1-10H3/t30-,34-/m0/s1. The zero-order chi connectivity index (χ0) is 31.0. The summed E-state index contributed by atoms with van der Waals surface area (Å²) in [5.74, 6) is -0.0965. The zero-order valence-electron chi connectivity index (χ0n) is 27.5. The van der Waals surface area contributed by atoms with Gasteiger partial charge < -0.3 is 4.43 Å². The predicted octanol–water partition coefficient (Wildman–Crippen LogP) is 11.7. The van der Waals surface area contributed by atoms with Crippen LogP contribution in [0, 0.1) is 25.1 Å². The van der Waals surface area contributed by atoms with E-state index in [1.807, 2.05) is 31.2 Å². The molecule has 1 fully saturated rings. The molecule has 4 rings (SSSR count). The van der Waals surface area contributed by atoms with Gasteiger partial charge in [0.15, 0.2) is 14.5 Å². The summed E-state index contributed by atoms with van der Waals surface area (Å²) in [7, 11) is -2.24. The van der Waals surface area contributed by atoms with Gasteiger partial charge in [-0.1, -0.05) is 96.3 Å². The fraction of sp³-hybridized carbons (Fsp3) is 0.541. The Balaban J connectivity index is 2.09. The summed E-state index contributed by atoms with van der Waals surface area (Å²) >= 11 is 0. The third-order valence-electron chi connectivity index (χ3n) is 9.35. The number of alkyl halides is 1. The summed E-state index contributed by atoms with van der Waals surface area (Å²) in [6.07, 6.45) is 3.39. The second-order valence-corrected chi connectivity index (χ2v) is 19.9. The monoisotopic (exact) mass is 591 g/mol. The molecule has 1 saturated carbocycles. The Hall–Kier alpha value is -2.37. The highest BCUT2D eigenvalue weighted by Crippen LogP contribution is 2.50. The lowest BCUT2D eigenvalue weighted by Gasteiger charge is -2.42. The third-order valence-corrected chi connectivity index (χ3v) is 13.8. The molecular formula is C37H51F2NOSi. The maximum Gasteiger partial charge on any atom is 0.192 e. The van der Waals surface area contributed by atoms with E-state index in [2.05, 4.69) is 61.6 Å². The van der Waals surface area contributed by atoms with Crippen LogP contribution < -0.4 is 0 Å². The lowest BCUT2D eigenvalue weighted by molar-refractivity contribution is 0.129. The van der Waals surface area contributed by atoms with Gasteiger partial charge in [0.05, 0.1) is 11.8 Å². The second kappa shape index (κ2) is 12.3. The van der Waals surface area contributed by atoms with Gasteiger partial charge in [0, 0.05) is 22.7 Å². The molecule has 0 bridgehead atoms. The molecule has 0 amide bonds. The van der Waals surface area contributed by atoms with Crippen molar-refractivity contribution in [2.45, 2.75) is 124 Å². The SMILES string of the molecule is Cc1ccc([C@H](F)c2c(C3CCCC3)nc(C)c([C@H](CC(C)(C)C)O[Si](C)(C)C(C)(C)C)c2-c2ccc(F)cc2)cc1. The van der Waals surface area contributed by atoms with Crippen molar-refractivity contribution < 1.29 is 13.2 Å². The molecule has 0 spiro atoms. The van der Waals surface area contributed by atoms with E-state index < -0.39 is 14.5 Å².